The van der Waals surface area contributed by atoms with Gasteiger partial charge in [-0.15, -0.1) is 5.10 Å². The van der Waals surface area contributed by atoms with Crippen LogP contribution in [0.4, 0.5) is 4.39 Å². The van der Waals surface area contributed by atoms with E-state index in [-0.39, 0.29) is 11.9 Å². The van der Waals surface area contributed by atoms with Crippen LogP contribution in [0.25, 0.3) is 0 Å². The molecule has 1 aliphatic rings. The summed E-state index contributed by atoms with van der Waals surface area (Å²) in [5.41, 5.74) is 1.86. The lowest BCUT2D eigenvalue weighted by molar-refractivity contribution is 0.120. The van der Waals surface area contributed by atoms with Crippen LogP contribution in [0.3, 0.4) is 0 Å². The average Bonchev–Trinajstić information content (AvgIpc) is 3.18. The maximum Gasteiger partial charge on any atom is 0.173 e. The fraction of sp³-hybridized carbons (Fsp3) is 0.381. The number of aromatic nitrogens is 4. The van der Waals surface area contributed by atoms with E-state index in [2.05, 4.69) is 44.5 Å². The van der Waals surface area contributed by atoms with Gasteiger partial charge in [0.2, 0.25) is 0 Å². The predicted octanol–water partition coefficient (Wildman–Crippen LogP) is 2.39. The van der Waals surface area contributed by atoms with Crippen molar-refractivity contribution in [2.24, 2.45) is 0 Å². The second kappa shape index (κ2) is 8.58. The van der Waals surface area contributed by atoms with Crippen molar-refractivity contribution in [2.75, 3.05) is 33.2 Å². The number of nitrogens with zero attached hydrogens (tertiary/aromatic N) is 6. The number of rotatable bonds is 6. The summed E-state index contributed by atoms with van der Waals surface area (Å²) in [5, 5.41) is 12.5. The molecule has 0 radical (unpaired) electrons. The molecule has 146 valence electrons. The minimum Gasteiger partial charge on any atom is -0.304 e. The number of aryl methyl sites for hydroxylation is 2. The highest BCUT2D eigenvalue weighted by atomic mass is 19.1. The standard InChI is InChI=1S/C21H25FN6/c1-26-13-15-27(16-14-26)20(18-9-5-6-10-19(18)22)21-23-24-25-28(21)12-11-17-7-3-2-4-8-17/h2-10,20H,11-16H2,1H3/t20-/m0/s1. The molecule has 7 heteroatoms. The summed E-state index contributed by atoms with van der Waals surface area (Å²) in [7, 11) is 2.11. The quantitative estimate of drug-likeness (QED) is 0.657. The van der Waals surface area contributed by atoms with Crippen LogP contribution in [0.15, 0.2) is 54.6 Å². The zero-order chi connectivity index (χ0) is 19.3. The highest BCUT2D eigenvalue weighted by Gasteiger charge is 2.31. The number of piperazine rings is 1. The molecule has 0 amide bonds. The molecule has 2 aromatic carbocycles. The van der Waals surface area contributed by atoms with E-state index in [1.807, 2.05) is 35.0 Å². The molecule has 4 rings (SSSR count). The Bertz CT molecular complexity index is 889. The zero-order valence-electron chi connectivity index (χ0n) is 16.1. The fourth-order valence-corrected chi connectivity index (χ4v) is 3.72. The summed E-state index contributed by atoms with van der Waals surface area (Å²) in [6.07, 6.45) is 0.825. The highest BCUT2D eigenvalue weighted by Crippen LogP contribution is 2.29. The van der Waals surface area contributed by atoms with Crippen LogP contribution < -0.4 is 0 Å². The summed E-state index contributed by atoms with van der Waals surface area (Å²) in [5.74, 6) is 0.481. The van der Waals surface area contributed by atoms with Crippen LogP contribution in [0, 0.1) is 5.82 Å². The van der Waals surface area contributed by atoms with Crippen molar-refractivity contribution in [3.05, 3.63) is 77.4 Å². The molecule has 0 unspecified atom stereocenters. The zero-order valence-corrected chi connectivity index (χ0v) is 16.1. The molecule has 1 fully saturated rings. The third-order valence-electron chi connectivity index (χ3n) is 5.36. The lowest BCUT2D eigenvalue weighted by atomic mass is 10.0. The number of halogens is 1. The van der Waals surface area contributed by atoms with E-state index in [0.29, 0.717) is 17.9 Å². The SMILES string of the molecule is CN1CCN([C@@H](c2ccccc2F)c2nnnn2CCc2ccccc2)CC1. The van der Waals surface area contributed by atoms with E-state index >= 15 is 0 Å². The van der Waals surface area contributed by atoms with Gasteiger partial charge in [0, 0.05) is 38.3 Å². The van der Waals surface area contributed by atoms with Gasteiger partial charge in [-0.2, -0.15) is 0 Å². The van der Waals surface area contributed by atoms with Crippen molar-refractivity contribution in [1.29, 1.82) is 0 Å². The van der Waals surface area contributed by atoms with Crippen LogP contribution >= 0.6 is 0 Å². The van der Waals surface area contributed by atoms with Crippen molar-refractivity contribution in [3.63, 3.8) is 0 Å². The van der Waals surface area contributed by atoms with Gasteiger partial charge in [-0.3, -0.25) is 4.90 Å². The molecule has 6 nitrogen and oxygen atoms in total. The maximum atomic E-state index is 14.7. The number of likely N-dealkylation sites (N-methyl/N-ethyl adjacent to an activating group) is 1. The monoisotopic (exact) mass is 380 g/mol. The van der Waals surface area contributed by atoms with Gasteiger partial charge < -0.3 is 4.90 Å². The van der Waals surface area contributed by atoms with Gasteiger partial charge in [-0.05, 0) is 35.5 Å². The Morgan fingerprint density at radius 1 is 0.964 bits per heavy atom. The van der Waals surface area contributed by atoms with Gasteiger partial charge in [0.25, 0.3) is 0 Å². The summed E-state index contributed by atoms with van der Waals surface area (Å²) in [6, 6.07) is 16.9. The molecule has 0 saturated carbocycles. The fourth-order valence-electron chi connectivity index (χ4n) is 3.72. The van der Waals surface area contributed by atoms with Crippen LogP contribution in [-0.4, -0.2) is 63.2 Å². The summed E-state index contributed by atoms with van der Waals surface area (Å²) in [4.78, 5) is 4.57. The second-order valence-electron chi connectivity index (χ2n) is 7.26. The van der Waals surface area contributed by atoms with Gasteiger partial charge in [0.15, 0.2) is 5.82 Å². The van der Waals surface area contributed by atoms with Crippen LogP contribution in [0.1, 0.15) is 23.0 Å². The number of tetrazole rings is 1. The average molecular weight is 380 g/mol. The Morgan fingerprint density at radius 3 is 2.43 bits per heavy atom. The van der Waals surface area contributed by atoms with Crippen molar-refractivity contribution in [3.8, 4) is 0 Å². The Labute approximate surface area is 164 Å². The van der Waals surface area contributed by atoms with Gasteiger partial charge in [0.05, 0.1) is 0 Å². The molecule has 1 saturated heterocycles. The van der Waals surface area contributed by atoms with E-state index in [0.717, 1.165) is 32.6 Å². The number of hydrogen-bond donors (Lipinski definition) is 0. The Morgan fingerprint density at radius 2 is 1.68 bits per heavy atom. The Balaban J connectivity index is 1.64. The highest BCUT2D eigenvalue weighted by molar-refractivity contribution is 5.27. The first-order chi connectivity index (χ1) is 13.7. The largest absolute Gasteiger partial charge is 0.304 e. The molecule has 3 aromatic rings. The molecular formula is C21H25FN6. The van der Waals surface area contributed by atoms with Crippen molar-refractivity contribution < 1.29 is 4.39 Å². The first-order valence-corrected chi connectivity index (χ1v) is 9.69. The topological polar surface area (TPSA) is 50.1 Å². The van der Waals surface area contributed by atoms with Crippen molar-refractivity contribution in [2.45, 2.75) is 19.0 Å². The van der Waals surface area contributed by atoms with Gasteiger partial charge in [0.1, 0.15) is 11.9 Å². The van der Waals surface area contributed by atoms with Crippen LogP contribution in [0.2, 0.25) is 0 Å². The van der Waals surface area contributed by atoms with E-state index in [1.165, 1.54) is 11.6 Å². The lowest BCUT2D eigenvalue weighted by Crippen LogP contribution is -2.47. The lowest BCUT2D eigenvalue weighted by Gasteiger charge is -2.37. The molecule has 1 aliphatic heterocycles. The van der Waals surface area contributed by atoms with Gasteiger partial charge in [-0.25, -0.2) is 9.07 Å². The normalized spacial score (nSPS) is 16.9. The minimum absolute atomic E-state index is 0.218. The molecule has 0 aliphatic carbocycles. The van der Waals surface area contributed by atoms with Gasteiger partial charge >= 0.3 is 0 Å². The molecular weight excluding hydrogens is 355 g/mol. The van der Waals surface area contributed by atoms with E-state index < -0.39 is 0 Å². The summed E-state index contributed by atoms with van der Waals surface area (Å²) < 4.78 is 16.6. The Hall–Kier alpha value is -2.64. The molecule has 1 atom stereocenters. The number of benzene rings is 2. The minimum atomic E-state index is -0.291. The molecule has 2 heterocycles. The molecule has 0 N–H and O–H groups in total. The summed E-state index contributed by atoms with van der Waals surface area (Å²) in [6.45, 7) is 4.24. The smallest absolute Gasteiger partial charge is 0.173 e. The third-order valence-corrected chi connectivity index (χ3v) is 5.36. The van der Waals surface area contributed by atoms with Crippen LogP contribution in [0.5, 0.6) is 0 Å². The van der Waals surface area contributed by atoms with Gasteiger partial charge in [-0.1, -0.05) is 48.5 Å². The third kappa shape index (κ3) is 4.10. The van der Waals surface area contributed by atoms with E-state index in [9.17, 15) is 4.39 Å². The van der Waals surface area contributed by atoms with Crippen LogP contribution in [-0.2, 0) is 13.0 Å². The maximum absolute atomic E-state index is 14.7. The molecule has 0 spiro atoms. The molecule has 0 bridgehead atoms. The molecule has 28 heavy (non-hydrogen) atoms. The first kappa shape index (κ1) is 18.7. The van der Waals surface area contributed by atoms with Crippen molar-refractivity contribution >= 4 is 0 Å². The summed E-state index contributed by atoms with van der Waals surface area (Å²) >= 11 is 0. The van der Waals surface area contributed by atoms with E-state index in [1.54, 1.807) is 6.07 Å². The number of hydrogen-bond acceptors (Lipinski definition) is 5. The first-order valence-electron chi connectivity index (χ1n) is 9.69. The van der Waals surface area contributed by atoms with E-state index in [4.69, 9.17) is 0 Å². The Kier molecular flexibility index (Phi) is 5.73. The predicted molar refractivity (Wildman–Crippen MR) is 105 cm³/mol. The van der Waals surface area contributed by atoms with Crippen molar-refractivity contribution in [1.82, 2.24) is 30.0 Å². The second-order valence-corrected chi connectivity index (χ2v) is 7.26. The molecule has 1 aromatic heterocycles.